The highest BCUT2D eigenvalue weighted by Crippen LogP contribution is 2.53. The van der Waals surface area contributed by atoms with Gasteiger partial charge in [0.1, 0.15) is 0 Å². The third kappa shape index (κ3) is 3.37. The number of rotatable bonds is 4. The predicted octanol–water partition coefficient (Wildman–Crippen LogP) is 6.42. The molecule has 0 aliphatic heterocycles. The Morgan fingerprint density at radius 2 is 1.50 bits per heavy atom. The van der Waals surface area contributed by atoms with Crippen molar-refractivity contribution in [3.05, 3.63) is 0 Å². The van der Waals surface area contributed by atoms with Crippen LogP contribution in [0, 0.1) is 29.6 Å². The lowest BCUT2D eigenvalue weighted by molar-refractivity contribution is 0.0110. The molecule has 0 saturated heterocycles. The molecule has 0 aromatic rings. The minimum Gasteiger partial charge on any atom is -0.123 e. The minimum absolute atomic E-state index is 0.498. The van der Waals surface area contributed by atoms with E-state index in [1.807, 2.05) is 0 Å². The Morgan fingerprint density at radius 1 is 0.800 bits per heavy atom. The second kappa shape index (κ2) is 7.03. The molecule has 1 heteroatoms. The summed E-state index contributed by atoms with van der Waals surface area (Å²) in [5.41, 5.74) is 0. The molecule has 0 aromatic heterocycles. The van der Waals surface area contributed by atoms with Crippen LogP contribution in [-0.4, -0.2) is 5.38 Å². The number of halogens is 1. The smallest absolute Gasteiger partial charge is 0.0338 e. The largest absolute Gasteiger partial charge is 0.123 e. The molecule has 0 nitrogen and oxygen atoms in total. The fourth-order valence-corrected chi connectivity index (χ4v) is 6.13. The number of hydrogen-bond acceptors (Lipinski definition) is 0. The van der Waals surface area contributed by atoms with Gasteiger partial charge in [-0.25, -0.2) is 0 Å². The van der Waals surface area contributed by atoms with Gasteiger partial charge in [-0.05, 0) is 74.5 Å². The molecule has 6 atom stereocenters. The van der Waals surface area contributed by atoms with Gasteiger partial charge in [0.15, 0.2) is 0 Å². The van der Waals surface area contributed by atoms with Crippen LogP contribution in [0.25, 0.3) is 0 Å². The van der Waals surface area contributed by atoms with Gasteiger partial charge in [-0.15, -0.1) is 11.6 Å². The first-order valence-corrected chi connectivity index (χ1v) is 9.85. The van der Waals surface area contributed by atoms with Crippen molar-refractivity contribution in [1.29, 1.82) is 0 Å². The monoisotopic (exact) mass is 296 g/mol. The maximum atomic E-state index is 6.41. The van der Waals surface area contributed by atoms with Crippen LogP contribution in [0.3, 0.4) is 0 Å². The van der Waals surface area contributed by atoms with Crippen LogP contribution >= 0.6 is 11.6 Å². The van der Waals surface area contributed by atoms with E-state index in [0.29, 0.717) is 5.38 Å². The molecule has 4 unspecified atom stereocenters. The average molecular weight is 297 g/mol. The van der Waals surface area contributed by atoms with Crippen molar-refractivity contribution >= 4 is 11.6 Å². The normalized spacial score (nSPS) is 44.7. The van der Waals surface area contributed by atoms with Crippen LogP contribution in [0.2, 0.25) is 0 Å². The maximum absolute atomic E-state index is 6.41. The average Bonchev–Trinajstić information content (AvgIpc) is 2.47. The Hall–Kier alpha value is 0.290. The van der Waals surface area contributed by atoms with Gasteiger partial charge in [0.2, 0.25) is 0 Å². The molecule has 0 bridgehead atoms. The van der Waals surface area contributed by atoms with Gasteiger partial charge >= 0.3 is 0 Å². The SMILES string of the molecule is CCCCC[C@H]1CCC2C(CCC3C[C@@H](Cl)CCC32)C1. The number of alkyl halides is 1. The lowest BCUT2D eigenvalue weighted by atomic mass is 9.56. The van der Waals surface area contributed by atoms with E-state index in [1.54, 1.807) is 19.3 Å². The number of fused-ring (bicyclic) bond motifs is 3. The van der Waals surface area contributed by atoms with Crippen LogP contribution in [0.15, 0.2) is 0 Å². The number of hydrogen-bond donors (Lipinski definition) is 0. The second-order valence-corrected chi connectivity index (χ2v) is 8.63. The van der Waals surface area contributed by atoms with E-state index in [0.717, 1.165) is 29.6 Å². The molecule has 0 radical (unpaired) electrons. The molecule has 3 aliphatic rings. The molecule has 3 rings (SSSR count). The highest BCUT2D eigenvalue weighted by Gasteiger charge is 2.44. The van der Waals surface area contributed by atoms with E-state index in [4.69, 9.17) is 11.6 Å². The third-order valence-electron chi connectivity index (χ3n) is 6.80. The molecule has 0 N–H and O–H groups in total. The Kier molecular flexibility index (Phi) is 5.34. The van der Waals surface area contributed by atoms with Gasteiger partial charge in [0.25, 0.3) is 0 Å². The standard InChI is InChI=1S/C19H33Cl/c1-2-3-4-5-14-6-10-18-15(12-14)7-8-16-13-17(20)9-11-19(16)18/h14-19H,2-13H2,1H3/t14-,15?,16?,17-,18?,19?/m0/s1. The summed E-state index contributed by atoms with van der Waals surface area (Å²) < 4.78 is 0. The van der Waals surface area contributed by atoms with Gasteiger partial charge in [0.05, 0.1) is 0 Å². The van der Waals surface area contributed by atoms with Crippen molar-refractivity contribution in [3.63, 3.8) is 0 Å². The van der Waals surface area contributed by atoms with Gasteiger partial charge in [-0.2, -0.15) is 0 Å². The first-order chi connectivity index (χ1) is 9.78. The zero-order chi connectivity index (χ0) is 13.9. The van der Waals surface area contributed by atoms with Crippen molar-refractivity contribution < 1.29 is 0 Å². The van der Waals surface area contributed by atoms with Gasteiger partial charge in [-0.3, -0.25) is 0 Å². The van der Waals surface area contributed by atoms with Crippen molar-refractivity contribution in [2.75, 3.05) is 0 Å². The molecule has 3 saturated carbocycles. The first-order valence-electron chi connectivity index (χ1n) is 9.42. The van der Waals surface area contributed by atoms with E-state index in [9.17, 15) is 0 Å². The summed E-state index contributed by atoms with van der Waals surface area (Å²) >= 11 is 6.41. The van der Waals surface area contributed by atoms with E-state index >= 15 is 0 Å². The lowest BCUT2D eigenvalue weighted by Crippen LogP contribution is -2.41. The zero-order valence-electron chi connectivity index (χ0n) is 13.3. The van der Waals surface area contributed by atoms with Gasteiger partial charge < -0.3 is 0 Å². The fraction of sp³-hybridized carbons (Fsp3) is 1.00. The van der Waals surface area contributed by atoms with Crippen LogP contribution < -0.4 is 0 Å². The molecule has 3 aliphatic carbocycles. The van der Waals surface area contributed by atoms with Crippen molar-refractivity contribution in [3.8, 4) is 0 Å². The van der Waals surface area contributed by atoms with E-state index in [1.165, 1.54) is 57.8 Å². The molecular weight excluding hydrogens is 264 g/mol. The summed E-state index contributed by atoms with van der Waals surface area (Å²) in [6.45, 7) is 2.32. The summed E-state index contributed by atoms with van der Waals surface area (Å²) in [6.07, 6.45) is 17.6. The van der Waals surface area contributed by atoms with E-state index in [-0.39, 0.29) is 0 Å². The predicted molar refractivity (Wildman–Crippen MR) is 88.2 cm³/mol. The van der Waals surface area contributed by atoms with Crippen molar-refractivity contribution in [2.24, 2.45) is 29.6 Å². The van der Waals surface area contributed by atoms with Crippen molar-refractivity contribution in [1.82, 2.24) is 0 Å². The van der Waals surface area contributed by atoms with Crippen LogP contribution in [0.4, 0.5) is 0 Å². The molecule has 116 valence electrons. The second-order valence-electron chi connectivity index (χ2n) is 8.01. The molecule has 0 heterocycles. The Morgan fingerprint density at radius 3 is 2.25 bits per heavy atom. The van der Waals surface area contributed by atoms with Crippen LogP contribution in [0.5, 0.6) is 0 Å². The minimum atomic E-state index is 0.498. The van der Waals surface area contributed by atoms with E-state index < -0.39 is 0 Å². The summed E-state index contributed by atoms with van der Waals surface area (Å²) in [4.78, 5) is 0. The van der Waals surface area contributed by atoms with Crippen LogP contribution in [0.1, 0.15) is 84.0 Å². The fourth-order valence-electron chi connectivity index (χ4n) is 5.78. The van der Waals surface area contributed by atoms with Gasteiger partial charge in [0, 0.05) is 5.38 Å². The topological polar surface area (TPSA) is 0 Å². The third-order valence-corrected chi connectivity index (χ3v) is 7.20. The highest BCUT2D eigenvalue weighted by atomic mass is 35.5. The summed E-state index contributed by atoms with van der Waals surface area (Å²) in [5, 5.41) is 0.498. The summed E-state index contributed by atoms with van der Waals surface area (Å²) in [6, 6.07) is 0. The van der Waals surface area contributed by atoms with E-state index in [2.05, 4.69) is 6.92 Å². The molecule has 20 heavy (non-hydrogen) atoms. The molecular formula is C19H33Cl. The molecule has 0 aromatic carbocycles. The Bertz CT molecular complexity index is 300. The van der Waals surface area contributed by atoms with Crippen LogP contribution in [-0.2, 0) is 0 Å². The Balaban J connectivity index is 1.52. The molecule has 3 fully saturated rings. The Labute approximate surface area is 131 Å². The quantitative estimate of drug-likeness (QED) is 0.415. The molecule has 0 amide bonds. The number of unbranched alkanes of at least 4 members (excludes halogenated alkanes) is 2. The lowest BCUT2D eigenvalue weighted by Gasteiger charge is -2.50. The maximum Gasteiger partial charge on any atom is 0.0338 e. The highest BCUT2D eigenvalue weighted by molar-refractivity contribution is 6.20. The van der Waals surface area contributed by atoms with Gasteiger partial charge in [-0.1, -0.05) is 39.0 Å². The first kappa shape index (κ1) is 15.2. The zero-order valence-corrected chi connectivity index (χ0v) is 14.1. The summed E-state index contributed by atoms with van der Waals surface area (Å²) in [5.74, 6) is 5.29. The molecule has 0 spiro atoms. The summed E-state index contributed by atoms with van der Waals surface area (Å²) in [7, 11) is 0. The van der Waals surface area contributed by atoms with Crippen molar-refractivity contribution in [2.45, 2.75) is 89.4 Å².